The summed E-state index contributed by atoms with van der Waals surface area (Å²) in [4.78, 5) is 11.9. The molecule has 0 spiro atoms. The summed E-state index contributed by atoms with van der Waals surface area (Å²) >= 11 is 9.20. The van der Waals surface area contributed by atoms with Gasteiger partial charge in [0, 0.05) is 16.0 Å². The predicted molar refractivity (Wildman–Crippen MR) is 84.9 cm³/mol. The van der Waals surface area contributed by atoms with Gasteiger partial charge in [-0.15, -0.1) is 0 Å². The maximum absolute atomic E-state index is 11.9. The van der Waals surface area contributed by atoms with Gasteiger partial charge in [0.05, 0.1) is 5.56 Å². The second-order valence-electron chi connectivity index (χ2n) is 4.65. The molecular weight excluding hydrogens is 326 g/mol. The number of halogens is 2. The van der Waals surface area contributed by atoms with Gasteiger partial charge in [-0.2, -0.15) is 0 Å². The highest BCUT2D eigenvalue weighted by Gasteiger charge is 2.09. The largest absolute Gasteiger partial charge is 0.352 e. The molecule has 0 fully saturated rings. The lowest BCUT2D eigenvalue weighted by Crippen LogP contribution is -2.24. The van der Waals surface area contributed by atoms with E-state index < -0.39 is 0 Å². The minimum Gasteiger partial charge on any atom is -0.352 e. The molecule has 1 rings (SSSR count). The molecule has 0 saturated heterocycles. The van der Waals surface area contributed by atoms with E-state index >= 15 is 0 Å². The Labute approximate surface area is 129 Å². The van der Waals surface area contributed by atoms with Gasteiger partial charge in [0.25, 0.3) is 5.91 Å². The Morgan fingerprint density at radius 3 is 2.58 bits per heavy atom. The Hall–Kier alpha value is -0.540. The molecule has 1 aromatic rings. The molecule has 0 bridgehead atoms. The molecular formula is C15H21BrClNO. The second-order valence-corrected chi connectivity index (χ2v) is 5.94. The van der Waals surface area contributed by atoms with Crippen LogP contribution in [0.2, 0.25) is 5.02 Å². The molecule has 106 valence electrons. The highest BCUT2D eigenvalue weighted by molar-refractivity contribution is 9.10. The maximum Gasteiger partial charge on any atom is 0.252 e. The van der Waals surface area contributed by atoms with Gasteiger partial charge >= 0.3 is 0 Å². The summed E-state index contributed by atoms with van der Waals surface area (Å²) in [7, 11) is 0. The van der Waals surface area contributed by atoms with Crippen molar-refractivity contribution in [3.8, 4) is 0 Å². The third kappa shape index (κ3) is 6.44. The molecule has 1 amide bonds. The number of hydrogen-bond acceptors (Lipinski definition) is 1. The average molecular weight is 347 g/mol. The van der Waals surface area contributed by atoms with Crippen LogP contribution in [-0.2, 0) is 0 Å². The van der Waals surface area contributed by atoms with Crippen molar-refractivity contribution in [2.45, 2.75) is 45.4 Å². The number of rotatable bonds is 8. The molecule has 0 atom stereocenters. The van der Waals surface area contributed by atoms with E-state index in [2.05, 4.69) is 28.2 Å². The van der Waals surface area contributed by atoms with Crippen LogP contribution in [0.3, 0.4) is 0 Å². The minimum absolute atomic E-state index is 0.0444. The smallest absolute Gasteiger partial charge is 0.252 e. The van der Waals surface area contributed by atoms with E-state index in [-0.39, 0.29) is 5.91 Å². The highest BCUT2D eigenvalue weighted by Crippen LogP contribution is 2.21. The molecule has 19 heavy (non-hydrogen) atoms. The van der Waals surface area contributed by atoms with Gasteiger partial charge in [-0.1, -0.05) is 50.6 Å². The summed E-state index contributed by atoms with van der Waals surface area (Å²) < 4.78 is 0.737. The number of carbonyl (C=O) groups excluding carboxylic acids is 1. The summed E-state index contributed by atoms with van der Waals surface area (Å²) in [5.41, 5.74) is 0.635. The average Bonchev–Trinajstić information content (AvgIpc) is 2.37. The second kappa shape index (κ2) is 9.38. The summed E-state index contributed by atoms with van der Waals surface area (Å²) in [5.74, 6) is -0.0444. The molecule has 0 aliphatic rings. The molecule has 0 heterocycles. The van der Waals surface area contributed by atoms with Crippen molar-refractivity contribution in [2.24, 2.45) is 0 Å². The van der Waals surface area contributed by atoms with Crippen molar-refractivity contribution in [1.29, 1.82) is 0 Å². The standard InChI is InChI=1S/C15H21BrClNO/c1-2-3-4-5-6-7-10-18-15(19)13-9-8-12(17)11-14(13)16/h8-9,11H,2-7,10H2,1H3,(H,18,19). The number of hydrogen-bond donors (Lipinski definition) is 1. The molecule has 2 nitrogen and oxygen atoms in total. The van der Waals surface area contributed by atoms with Crippen molar-refractivity contribution >= 4 is 33.4 Å². The number of benzene rings is 1. The molecule has 0 aliphatic heterocycles. The van der Waals surface area contributed by atoms with Crippen LogP contribution in [-0.4, -0.2) is 12.5 Å². The number of nitrogens with one attached hydrogen (secondary N) is 1. The van der Waals surface area contributed by atoms with Crippen molar-refractivity contribution < 1.29 is 4.79 Å². The first kappa shape index (κ1) is 16.5. The Kier molecular flexibility index (Phi) is 8.15. The summed E-state index contributed by atoms with van der Waals surface area (Å²) in [6, 6.07) is 5.20. The Morgan fingerprint density at radius 1 is 1.21 bits per heavy atom. The van der Waals surface area contributed by atoms with E-state index in [1.54, 1.807) is 18.2 Å². The van der Waals surface area contributed by atoms with Gasteiger partial charge in [0.2, 0.25) is 0 Å². The van der Waals surface area contributed by atoms with Gasteiger partial charge in [0.1, 0.15) is 0 Å². The SMILES string of the molecule is CCCCCCCCNC(=O)c1ccc(Cl)cc1Br. The van der Waals surface area contributed by atoms with Crippen LogP contribution in [0.4, 0.5) is 0 Å². The van der Waals surface area contributed by atoms with Crippen molar-refractivity contribution in [3.63, 3.8) is 0 Å². The summed E-state index contributed by atoms with van der Waals surface area (Å²) in [6.45, 7) is 2.95. The van der Waals surface area contributed by atoms with E-state index in [1.807, 2.05) is 0 Å². The first-order valence-electron chi connectivity index (χ1n) is 6.88. The fourth-order valence-electron chi connectivity index (χ4n) is 1.88. The number of amides is 1. The quantitative estimate of drug-likeness (QED) is 0.645. The van der Waals surface area contributed by atoms with Gasteiger partial charge in [0.15, 0.2) is 0 Å². The normalized spacial score (nSPS) is 10.5. The van der Waals surface area contributed by atoms with Crippen LogP contribution in [0.5, 0.6) is 0 Å². The van der Waals surface area contributed by atoms with Crippen LogP contribution in [0.1, 0.15) is 55.8 Å². The molecule has 4 heteroatoms. The maximum atomic E-state index is 11.9. The van der Waals surface area contributed by atoms with E-state index in [0.29, 0.717) is 10.6 Å². The summed E-state index contributed by atoms with van der Waals surface area (Å²) in [5, 5.41) is 3.56. The highest BCUT2D eigenvalue weighted by atomic mass is 79.9. The number of carbonyl (C=O) groups is 1. The van der Waals surface area contributed by atoms with E-state index in [4.69, 9.17) is 11.6 Å². The van der Waals surface area contributed by atoms with Gasteiger partial charge in [-0.3, -0.25) is 4.79 Å². The zero-order valence-corrected chi connectivity index (χ0v) is 13.7. The molecule has 0 saturated carbocycles. The lowest BCUT2D eigenvalue weighted by Gasteiger charge is -2.07. The Bertz CT molecular complexity index is 409. The molecule has 1 N–H and O–H groups in total. The van der Waals surface area contributed by atoms with Crippen LogP contribution in [0, 0.1) is 0 Å². The predicted octanol–water partition coefficient (Wildman–Crippen LogP) is 5.19. The zero-order chi connectivity index (χ0) is 14.1. The molecule has 0 aromatic heterocycles. The first-order chi connectivity index (χ1) is 9.15. The molecule has 0 unspecified atom stereocenters. The lowest BCUT2D eigenvalue weighted by atomic mass is 10.1. The molecule has 0 aliphatic carbocycles. The fraction of sp³-hybridized carbons (Fsp3) is 0.533. The van der Waals surface area contributed by atoms with Gasteiger partial charge < -0.3 is 5.32 Å². The topological polar surface area (TPSA) is 29.1 Å². The van der Waals surface area contributed by atoms with Gasteiger partial charge in [-0.25, -0.2) is 0 Å². The van der Waals surface area contributed by atoms with E-state index in [0.717, 1.165) is 17.4 Å². The van der Waals surface area contributed by atoms with Crippen molar-refractivity contribution in [2.75, 3.05) is 6.54 Å². The first-order valence-corrected chi connectivity index (χ1v) is 8.05. The van der Waals surface area contributed by atoms with Crippen LogP contribution in [0.15, 0.2) is 22.7 Å². The van der Waals surface area contributed by atoms with Crippen LogP contribution >= 0.6 is 27.5 Å². The molecule has 0 radical (unpaired) electrons. The fourth-order valence-corrected chi connectivity index (χ4v) is 2.74. The van der Waals surface area contributed by atoms with Crippen molar-refractivity contribution in [1.82, 2.24) is 5.32 Å². The monoisotopic (exact) mass is 345 g/mol. The Balaban J connectivity index is 2.24. The van der Waals surface area contributed by atoms with E-state index in [1.165, 1.54) is 32.1 Å². The van der Waals surface area contributed by atoms with Crippen LogP contribution < -0.4 is 5.32 Å². The number of unbranched alkanes of at least 4 members (excludes halogenated alkanes) is 5. The summed E-state index contributed by atoms with van der Waals surface area (Å²) in [6.07, 6.45) is 7.36. The van der Waals surface area contributed by atoms with E-state index in [9.17, 15) is 4.79 Å². The van der Waals surface area contributed by atoms with Gasteiger partial charge in [-0.05, 0) is 40.5 Å². The lowest BCUT2D eigenvalue weighted by molar-refractivity contribution is 0.0952. The third-order valence-electron chi connectivity index (χ3n) is 2.99. The zero-order valence-electron chi connectivity index (χ0n) is 11.3. The van der Waals surface area contributed by atoms with Crippen molar-refractivity contribution in [3.05, 3.63) is 33.3 Å². The Morgan fingerprint density at radius 2 is 1.89 bits per heavy atom. The van der Waals surface area contributed by atoms with Crippen LogP contribution in [0.25, 0.3) is 0 Å². The molecule has 1 aromatic carbocycles. The third-order valence-corrected chi connectivity index (χ3v) is 3.88. The minimum atomic E-state index is -0.0444.